The number of amides is 1. The normalized spacial score (nSPS) is 20.2. The van der Waals surface area contributed by atoms with E-state index >= 15 is 0 Å². The molecule has 0 aliphatic heterocycles. The lowest BCUT2D eigenvalue weighted by Crippen LogP contribution is -2.16. The summed E-state index contributed by atoms with van der Waals surface area (Å²) in [5, 5.41) is 19.7. The minimum absolute atomic E-state index is 0.0337. The molecule has 1 aromatic carbocycles. The summed E-state index contributed by atoms with van der Waals surface area (Å²) in [6, 6.07) is 8.40. The fraction of sp³-hybridized carbons (Fsp3) is 0.308. The first-order valence-electron chi connectivity index (χ1n) is 5.75. The zero-order valence-electron chi connectivity index (χ0n) is 10.00. The van der Waals surface area contributed by atoms with Crippen molar-refractivity contribution in [2.45, 2.75) is 6.42 Å². The maximum atomic E-state index is 11.7. The van der Waals surface area contributed by atoms with Crippen LogP contribution in [-0.2, 0) is 9.59 Å². The Bertz CT molecular complexity index is 533. The Hall–Kier alpha value is -2.55. The summed E-state index contributed by atoms with van der Waals surface area (Å²) in [4.78, 5) is 22.3. The average molecular weight is 260 g/mol. The van der Waals surface area contributed by atoms with E-state index in [1.807, 2.05) is 6.07 Å². The lowest BCUT2D eigenvalue weighted by atomic mass is 10.2. The Morgan fingerprint density at radius 3 is 2.58 bits per heavy atom. The highest BCUT2D eigenvalue weighted by Crippen LogP contribution is 2.39. The summed E-state index contributed by atoms with van der Waals surface area (Å²) in [5.74, 6) is -1.67. The molecule has 1 saturated carbocycles. The first-order chi connectivity index (χ1) is 9.11. The van der Waals surface area contributed by atoms with E-state index < -0.39 is 17.8 Å². The van der Waals surface area contributed by atoms with Crippen LogP contribution in [0, 0.1) is 23.2 Å². The average Bonchev–Trinajstić information content (AvgIpc) is 3.18. The molecule has 0 radical (unpaired) electrons. The van der Waals surface area contributed by atoms with E-state index in [1.165, 1.54) is 0 Å². The number of carboxylic acids is 1. The van der Waals surface area contributed by atoms with E-state index in [1.54, 1.807) is 24.3 Å². The number of hydrogen-bond donors (Lipinski definition) is 2. The number of aliphatic carboxylic acids is 1. The molecule has 2 atom stereocenters. The van der Waals surface area contributed by atoms with Crippen LogP contribution in [-0.4, -0.2) is 23.6 Å². The molecule has 19 heavy (non-hydrogen) atoms. The minimum atomic E-state index is -0.930. The summed E-state index contributed by atoms with van der Waals surface area (Å²) in [6.07, 6.45) is 0.393. The van der Waals surface area contributed by atoms with Gasteiger partial charge in [-0.15, -0.1) is 0 Å². The van der Waals surface area contributed by atoms with Gasteiger partial charge in [-0.25, -0.2) is 0 Å². The van der Waals surface area contributed by atoms with Crippen molar-refractivity contribution in [3.8, 4) is 11.8 Å². The van der Waals surface area contributed by atoms with Gasteiger partial charge in [0.05, 0.1) is 11.8 Å². The third-order valence-corrected chi connectivity index (χ3v) is 2.87. The quantitative estimate of drug-likeness (QED) is 0.829. The number of nitrogens with one attached hydrogen (secondary N) is 1. The molecule has 0 heterocycles. The minimum Gasteiger partial charge on any atom is -0.481 e. The van der Waals surface area contributed by atoms with Crippen molar-refractivity contribution < 1.29 is 19.4 Å². The fourth-order valence-electron chi connectivity index (χ4n) is 1.74. The lowest BCUT2D eigenvalue weighted by molar-refractivity contribution is -0.139. The number of carbonyl (C=O) groups is 2. The second kappa shape index (κ2) is 5.40. The molecule has 0 saturated heterocycles. The first kappa shape index (κ1) is 12.9. The third kappa shape index (κ3) is 3.22. The molecule has 2 rings (SSSR count). The van der Waals surface area contributed by atoms with E-state index in [2.05, 4.69) is 5.32 Å². The van der Waals surface area contributed by atoms with Gasteiger partial charge in [0, 0.05) is 5.69 Å². The van der Waals surface area contributed by atoms with Crippen molar-refractivity contribution in [2.24, 2.45) is 11.8 Å². The summed E-state index contributed by atoms with van der Waals surface area (Å²) in [5.41, 5.74) is 0.574. The maximum absolute atomic E-state index is 11.7. The van der Waals surface area contributed by atoms with Crippen molar-refractivity contribution in [1.82, 2.24) is 0 Å². The van der Waals surface area contributed by atoms with Gasteiger partial charge in [-0.1, -0.05) is 0 Å². The fourth-order valence-corrected chi connectivity index (χ4v) is 1.74. The molecule has 1 aliphatic rings. The number of hydrogen-bond acceptors (Lipinski definition) is 4. The highest BCUT2D eigenvalue weighted by molar-refractivity contribution is 5.98. The number of rotatable bonds is 5. The number of nitriles is 1. The Morgan fingerprint density at radius 2 is 2.05 bits per heavy atom. The molecule has 1 aromatic rings. The number of benzene rings is 1. The van der Waals surface area contributed by atoms with E-state index in [-0.39, 0.29) is 12.5 Å². The summed E-state index contributed by atoms with van der Waals surface area (Å²) >= 11 is 0. The van der Waals surface area contributed by atoms with Crippen molar-refractivity contribution in [3.05, 3.63) is 24.3 Å². The highest BCUT2D eigenvalue weighted by atomic mass is 16.5. The van der Waals surface area contributed by atoms with E-state index in [9.17, 15) is 9.59 Å². The van der Waals surface area contributed by atoms with Gasteiger partial charge in [0.2, 0.25) is 5.91 Å². The second-order valence-corrected chi connectivity index (χ2v) is 4.25. The van der Waals surface area contributed by atoms with Gasteiger partial charge >= 0.3 is 5.97 Å². The summed E-state index contributed by atoms with van der Waals surface area (Å²) in [6.45, 7) is -0.0337. The largest absolute Gasteiger partial charge is 0.481 e. The van der Waals surface area contributed by atoms with Crippen LogP contribution in [0.4, 0.5) is 5.69 Å². The molecule has 1 aliphatic carbocycles. The molecule has 0 spiro atoms. The van der Waals surface area contributed by atoms with Gasteiger partial charge in [-0.05, 0) is 30.7 Å². The van der Waals surface area contributed by atoms with Crippen LogP contribution in [0.5, 0.6) is 5.75 Å². The Labute approximate surface area is 109 Å². The van der Waals surface area contributed by atoms with Gasteiger partial charge in [-0.2, -0.15) is 5.26 Å². The van der Waals surface area contributed by atoms with E-state index in [0.29, 0.717) is 17.9 Å². The van der Waals surface area contributed by atoms with Crippen molar-refractivity contribution in [3.63, 3.8) is 0 Å². The number of carbonyl (C=O) groups excluding carboxylic acids is 1. The van der Waals surface area contributed by atoms with Crippen LogP contribution in [0.1, 0.15) is 6.42 Å². The van der Waals surface area contributed by atoms with E-state index in [4.69, 9.17) is 15.1 Å². The maximum Gasteiger partial charge on any atom is 0.307 e. The zero-order valence-corrected chi connectivity index (χ0v) is 10.00. The molecule has 6 heteroatoms. The topological polar surface area (TPSA) is 99.4 Å². The molecule has 0 bridgehead atoms. The predicted octanol–water partition coefficient (Wildman–Crippen LogP) is 1.25. The molecule has 2 unspecified atom stereocenters. The zero-order chi connectivity index (χ0) is 13.8. The van der Waals surface area contributed by atoms with Gasteiger partial charge in [0.15, 0.2) is 6.61 Å². The number of anilines is 1. The van der Waals surface area contributed by atoms with Gasteiger partial charge in [0.1, 0.15) is 11.8 Å². The van der Waals surface area contributed by atoms with E-state index in [0.717, 1.165) is 0 Å². The first-order valence-corrected chi connectivity index (χ1v) is 5.75. The van der Waals surface area contributed by atoms with Crippen LogP contribution >= 0.6 is 0 Å². The van der Waals surface area contributed by atoms with Crippen LogP contribution < -0.4 is 10.1 Å². The standard InChI is InChI=1S/C13H12N2O4/c14-5-6-19-9-3-1-8(2-4-9)15-12(16)10-7-11(10)13(17)18/h1-4,10-11H,6-7H2,(H,15,16)(H,17,18). The molecule has 1 fully saturated rings. The van der Waals surface area contributed by atoms with Gasteiger partial charge in [0.25, 0.3) is 0 Å². The number of ether oxygens (including phenoxy) is 1. The third-order valence-electron chi connectivity index (χ3n) is 2.87. The molecule has 98 valence electrons. The molecule has 6 nitrogen and oxygen atoms in total. The second-order valence-electron chi connectivity index (χ2n) is 4.25. The van der Waals surface area contributed by atoms with Crippen LogP contribution in [0.2, 0.25) is 0 Å². The molecule has 0 aromatic heterocycles. The monoisotopic (exact) mass is 260 g/mol. The van der Waals surface area contributed by atoms with Gasteiger partial charge in [-0.3, -0.25) is 9.59 Å². The summed E-state index contributed by atoms with van der Waals surface area (Å²) < 4.78 is 5.07. The number of nitrogens with zero attached hydrogens (tertiary/aromatic N) is 1. The molecular formula is C13H12N2O4. The van der Waals surface area contributed by atoms with Gasteiger partial charge < -0.3 is 15.2 Å². The Kier molecular flexibility index (Phi) is 3.66. The Balaban J connectivity index is 1.88. The SMILES string of the molecule is N#CCOc1ccc(NC(=O)C2CC2C(=O)O)cc1. The lowest BCUT2D eigenvalue weighted by Gasteiger charge is -2.06. The van der Waals surface area contributed by atoms with Crippen LogP contribution in [0.15, 0.2) is 24.3 Å². The summed E-state index contributed by atoms with van der Waals surface area (Å²) in [7, 11) is 0. The van der Waals surface area contributed by atoms with Crippen molar-refractivity contribution >= 4 is 17.6 Å². The van der Waals surface area contributed by atoms with Crippen molar-refractivity contribution in [2.75, 3.05) is 11.9 Å². The van der Waals surface area contributed by atoms with Crippen LogP contribution in [0.3, 0.4) is 0 Å². The molecule has 2 N–H and O–H groups in total. The predicted molar refractivity (Wildman–Crippen MR) is 65.4 cm³/mol. The van der Waals surface area contributed by atoms with Crippen molar-refractivity contribution in [1.29, 1.82) is 5.26 Å². The Morgan fingerprint density at radius 1 is 1.37 bits per heavy atom. The molecular weight excluding hydrogens is 248 g/mol. The van der Waals surface area contributed by atoms with Crippen LogP contribution in [0.25, 0.3) is 0 Å². The number of carboxylic acid groups (broad SMARTS) is 1. The highest BCUT2D eigenvalue weighted by Gasteiger charge is 2.48. The molecule has 1 amide bonds. The smallest absolute Gasteiger partial charge is 0.307 e.